The summed E-state index contributed by atoms with van der Waals surface area (Å²) in [5.41, 5.74) is 5.69. The minimum atomic E-state index is -1.01. The Labute approximate surface area is 88.5 Å². The van der Waals surface area contributed by atoms with Gasteiger partial charge in [0.05, 0.1) is 5.41 Å². The molecular weight excluding hydrogens is 195 g/mol. The molecule has 0 aliphatic heterocycles. The van der Waals surface area contributed by atoms with Crippen molar-refractivity contribution in [3.63, 3.8) is 0 Å². The monoisotopic (exact) mass is 210 g/mol. The van der Waals surface area contributed by atoms with Crippen LogP contribution in [0.4, 0.5) is 15.8 Å². The van der Waals surface area contributed by atoms with Crippen molar-refractivity contribution in [2.45, 2.75) is 13.8 Å². The highest BCUT2D eigenvalue weighted by Gasteiger charge is 2.27. The number of amides is 1. The lowest BCUT2D eigenvalue weighted by atomic mass is 9.94. The maximum Gasteiger partial charge on any atom is 0.232 e. The van der Waals surface area contributed by atoms with Gasteiger partial charge in [-0.1, -0.05) is 6.07 Å². The fourth-order valence-electron chi connectivity index (χ4n) is 0.977. The number of nitrogens with two attached hydrogens (primary N) is 1. The number of halogens is 1. The molecule has 0 atom stereocenters. The number of nitrogen functional groups attached to an aromatic ring is 1. The number of alkyl halides is 1. The number of anilines is 2. The fraction of sp³-hybridized carbons (Fsp3) is 0.364. The normalized spacial score (nSPS) is 11.1. The van der Waals surface area contributed by atoms with Gasteiger partial charge in [0.15, 0.2) is 0 Å². The summed E-state index contributed by atoms with van der Waals surface area (Å²) in [7, 11) is 0. The molecule has 15 heavy (non-hydrogen) atoms. The number of rotatable bonds is 3. The molecule has 0 unspecified atom stereocenters. The van der Waals surface area contributed by atoms with Crippen LogP contribution in [-0.2, 0) is 4.79 Å². The van der Waals surface area contributed by atoms with Gasteiger partial charge in [-0.15, -0.1) is 0 Å². The van der Waals surface area contributed by atoms with Crippen molar-refractivity contribution in [3.05, 3.63) is 24.3 Å². The van der Waals surface area contributed by atoms with E-state index in [2.05, 4.69) is 5.32 Å². The Morgan fingerprint density at radius 2 is 2.20 bits per heavy atom. The Hall–Kier alpha value is -1.58. The summed E-state index contributed by atoms with van der Waals surface area (Å²) in [5, 5.41) is 2.62. The fourth-order valence-corrected chi connectivity index (χ4v) is 0.977. The highest BCUT2D eigenvalue weighted by atomic mass is 19.1. The van der Waals surface area contributed by atoms with E-state index < -0.39 is 12.1 Å². The number of hydrogen-bond acceptors (Lipinski definition) is 2. The predicted octanol–water partition coefficient (Wildman–Crippen LogP) is 2.20. The third-order valence-electron chi connectivity index (χ3n) is 2.09. The van der Waals surface area contributed by atoms with Crippen LogP contribution in [-0.4, -0.2) is 12.6 Å². The minimum Gasteiger partial charge on any atom is -0.399 e. The predicted molar refractivity (Wildman–Crippen MR) is 59.2 cm³/mol. The van der Waals surface area contributed by atoms with E-state index in [1.54, 1.807) is 38.1 Å². The molecule has 0 fully saturated rings. The van der Waals surface area contributed by atoms with Gasteiger partial charge in [0.25, 0.3) is 0 Å². The van der Waals surface area contributed by atoms with Crippen LogP contribution in [0.5, 0.6) is 0 Å². The number of hydrogen-bond donors (Lipinski definition) is 2. The molecule has 1 rings (SSSR count). The Balaban J connectivity index is 2.75. The second kappa shape index (κ2) is 4.29. The lowest BCUT2D eigenvalue weighted by Crippen LogP contribution is -2.32. The van der Waals surface area contributed by atoms with Crippen LogP contribution >= 0.6 is 0 Å². The Morgan fingerprint density at radius 1 is 1.53 bits per heavy atom. The van der Waals surface area contributed by atoms with Gasteiger partial charge in [0.2, 0.25) is 5.91 Å². The quantitative estimate of drug-likeness (QED) is 0.751. The van der Waals surface area contributed by atoms with Crippen molar-refractivity contribution >= 4 is 17.3 Å². The first kappa shape index (κ1) is 11.5. The van der Waals surface area contributed by atoms with E-state index in [1.165, 1.54) is 0 Å². The van der Waals surface area contributed by atoms with Crippen molar-refractivity contribution in [2.75, 3.05) is 17.7 Å². The highest BCUT2D eigenvalue weighted by molar-refractivity contribution is 5.95. The summed E-state index contributed by atoms with van der Waals surface area (Å²) < 4.78 is 12.5. The SMILES string of the molecule is CC(C)(CF)C(=O)Nc1cccc(N)c1. The van der Waals surface area contributed by atoms with Crippen molar-refractivity contribution in [3.8, 4) is 0 Å². The maximum atomic E-state index is 12.5. The molecular formula is C11H15FN2O. The molecule has 82 valence electrons. The standard InChI is InChI=1S/C11H15FN2O/c1-11(2,7-12)10(15)14-9-5-3-4-8(13)6-9/h3-6H,7,13H2,1-2H3,(H,14,15). The van der Waals surface area contributed by atoms with Gasteiger partial charge in [0, 0.05) is 11.4 Å². The maximum absolute atomic E-state index is 12.5. The summed E-state index contributed by atoms with van der Waals surface area (Å²) in [4.78, 5) is 11.6. The van der Waals surface area contributed by atoms with E-state index in [0.29, 0.717) is 11.4 Å². The molecule has 0 spiro atoms. The van der Waals surface area contributed by atoms with Gasteiger partial charge in [0.1, 0.15) is 6.67 Å². The molecule has 0 saturated heterocycles. The molecule has 0 bridgehead atoms. The summed E-state index contributed by atoms with van der Waals surface area (Å²) in [6.45, 7) is 2.41. The van der Waals surface area contributed by atoms with Crippen LogP contribution in [0.1, 0.15) is 13.8 Å². The first-order valence-corrected chi connectivity index (χ1v) is 4.68. The number of carbonyl (C=O) groups excluding carboxylic acids is 1. The molecule has 4 heteroatoms. The van der Waals surface area contributed by atoms with E-state index in [0.717, 1.165) is 0 Å². The lowest BCUT2D eigenvalue weighted by Gasteiger charge is -2.19. The van der Waals surface area contributed by atoms with E-state index in [9.17, 15) is 9.18 Å². The molecule has 0 aromatic heterocycles. The minimum absolute atomic E-state index is 0.351. The lowest BCUT2D eigenvalue weighted by molar-refractivity contribution is -0.124. The first-order chi connectivity index (χ1) is 6.95. The Morgan fingerprint density at radius 3 is 2.73 bits per heavy atom. The molecule has 0 aliphatic rings. The van der Waals surface area contributed by atoms with Gasteiger partial charge in [-0.05, 0) is 32.0 Å². The van der Waals surface area contributed by atoms with Crippen LogP contribution in [0.2, 0.25) is 0 Å². The Bertz CT molecular complexity index is 363. The van der Waals surface area contributed by atoms with Crippen LogP contribution in [0.3, 0.4) is 0 Å². The molecule has 3 nitrogen and oxygen atoms in total. The molecule has 1 aromatic carbocycles. The largest absolute Gasteiger partial charge is 0.399 e. The first-order valence-electron chi connectivity index (χ1n) is 4.68. The second-order valence-electron chi connectivity index (χ2n) is 4.10. The van der Waals surface area contributed by atoms with Crippen molar-refractivity contribution < 1.29 is 9.18 Å². The molecule has 1 aromatic rings. The van der Waals surface area contributed by atoms with E-state index in [-0.39, 0.29) is 5.91 Å². The third kappa shape index (κ3) is 2.94. The van der Waals surface area contributed by atoms with Crippen molar-refractivity contribution in [2.24, 2.45) is 5.41 Å². The smallest absolute Gasteiger partial charge is 0.232 e. The van der Waals surface area contributed by atoms with Gasteiger partial charge >= 0.3 is 0 Å². The number of nitrogens with one attached hydrogen (secondary N) is 1. The molecule has 1 amide bonds. The number of carbonyl (C=O) groups is 1. The molecule has 0 heterocycles. The van der Waals surface area contributed by atoms with Crippen molar-refractivity contribution in [1.29, 1.82) is 0 Å². The van der Waals surface area contributed by atoms with Crippen LogP contribution < -0.4 is 11.1 Å². The third-order valence-corrected chi connectivity index (χ3v) is 2.09. The van der Waals surface area contributed by atoms with Gasteiger partial charge in [-0.2, -0.15) is 0 Å². The topological polar surface area (TPSA) is 55.1 Å². The van der Waals surface area contributed by atoms with Crippen LogP contribution in [0.25, 0.3) is 0 Å². The second-order valence-corrected chi connectivity index (χ2v) is 4.10. The zero-order valence-electron chi connectivity index (χ0n) is 8.88. The van der Waals surface area contributed by atoms with Crippen LogP contribution in [0.15, 0.2) is 24.3 Å². The average Bonchev–Trinajstić information content (AvgIpc) is 2.17. The van der Waals surface area contributed by atoms with Crippen LogP contribution in [0, 0.1) is 5.41 Å². The molecule has 3 N–H and O–H groups in total. The summed E-state index contributed by atoms with van der Waals surface area (Å²) in [6, 6.07) is 6.79. The highest BCUT2D eigenvalue weighted by Crippen LogP contribution is 2.20. The zero-order chi connectivity index (χ0) is 11.5. The van der Waals surface area contributed by atoms with E-state index >= 15 is 0 Å². The molecule has 0 saturated carbocycles. The Kier molecular flexibility index (Phi) is 3.29. The van der Waals surface area contributed by atoms with E-state index in [1.807, 2.05) is 0 Å². The zero-order valence-corrected chi connectivity index (χ0v) is 8.88. The van der Waals surface area contributed by atoms with E-state index in [4.69, 9.17) is 5.73 Å². The summed E-state index contributed by atoms with van der Waals surface area (Å²) in [5.74, 6) is -0.351. The van der Waals surface area contributed by atoms with Gasteiger partial charge in [-0.3, -0.25) is 4.79 Å². The average molecular weight is 210 g/mol. The van der Waals surface area contributed by atoms with Gasteiger partial charge < -0.3 is 11.1 Å². The van der Waals surface area contributed by atoms with Gasteiger partial charge in [-0.25, -0.2) is 4.39 Å². The van der Waals surface area contributed by atoms with Crippen molar-refractivity contribution in [1.82, 2.24) is 0 Å². The molecule has 0 radical (unpaired) electrons. The summed E-state index contributed by atoms with van der Waals surface area (Å²) >= 11 is 0. The number of benzene rings is 1. The summed E-state index contributed by atoms with van der Waals surface area (Å²) in [6.07, 6.45) is 0. The molecule has 0 aliphatic carbocycles.